The highest BCUT2D eigenvalue weighted by atomic mass is 35.5. The van der Waals surface area contributed by atoms with Crippen LogP contribution in [0.1, 0.15) is 20.8 Å². The normalized spacial score (nSPS) is 9.20. The topological polar surface area (TPSA) is 3.24 Å². The number of rotatable bonds is 4. The number of likely N-dealkylation sites (N-methyl/N-ethyl adjacent to an activating group) is 1. The summed E-state index contributed by atoms with van der Waals surface area (Å²) in [7, 11) is 0. The fourth-order valence-electron chi connectivity index (χ4n) is 0.829. The van der Waals surface area contributed by atoms with E-state index in [1.807, 2.05) is 0 Å². The van der Waals surface area contributed by atoms with E-state index in [0.29, 0.717) is 0 Å². The summed E-state index contributed by atoms with van der Waals surface area (Å²) in [6.07, 6.45) is 0. The van der Waals surface area contributed by atoms with Crippen LogP contribution < -0.4 is 0 Å². The molecule has 62 valence electrons. The number of hydrogen-bond donors (Lipinski definition) is 0. The molecule has 0 radical (unpaired) electrons. The highest BCUT2D eigenvalue weighted by molar-refractivity contribution is 5.85. The Kier molecular flexibility index (Phi) is 8.98. The summed E-state index contributed by atoms with van der Waals surface area (Å²) < 4.78 is 0. The maximum Gasteiger partial charge on any atom is 0.0187 e. The molecule has 0 aromatic heterocycles. The van der Waals surface area contributed by atoms with Gasteiger partial charge in [0.15, 0.2) is 0 Å². The largest absolute Gasteiger partial charge is 0.300 e. The first kappa shape index (κ1) is 12.6. The lowest BCUT2D eigenvalue weighted by Crippen LogP contribution is -2.24. The fourth-order valence-corrected chi connectivity index (χ4v) is 0.829. The summed E-state index contributed by atoms with van der Waals surface area (Å²) in [5, 5.41) is 0. The highest BCUT2D eigenvalue weighted by Gasteiger charge is 1.95. The molecule has 2 heteroatoms. The van der Waals surface area contributed by atoms with Crippen molar-refractivity contribution in [3.05, 3.63) is 12.2 Å². The number of halogens is 1. The summed E-state index contributed by atoms with van der Waals surface area (Å²) in [5.41, 5.74) is 1.25. The summed E-state index contributed by atoms with van der Waals surface area (Å²) in [6.45, 7) is 13.6. The average molecular weight is 164 g/mol. The Balaban J connectivity index is 0. The van der Waals surface area contributed by atoms with Gasteiger partial charge in [-0.05, 0) is 20.0 Å². The molecular formula is C8H18ClN. The van der Waals surface area contributed by atoms with Crippen LogP contribution in [0.2, 0.25) is 0 Å². The van der Waals surface area contributed by atoms with Gasteiger partial charge in [0.25, 0.3) is 0 Å². The van der Waals surface area contributed by atoms with Gasteiger partial charge in [0.2, 0.25) is 0 Å². The predicted molar refractivity (Wildman–Crippen MR) is 49.9 cm³/mol. The maximum absolute atomic E-state index is 3.85. The van der Waals surface area contributed by atoms with Crippen molar-refractivity contribution >= 4 is 12.4 Å². The van der Waals surface area contributed by atoms with Crippen molar-refractivity contribution < 1.29 is 0 Å². The van der Waals surface area contributed by atoms with Gasteiger partial charge in [-0.2, -0.15) is 0 Å². The van der Waals surface area contributed by atoms with Crippen molar-refractivity contribution in [2.45, 2.75) is 20.8 Å². The molecule has 0 amide bonds. The molecule has 0 aromatic carbocycles. The van der Waals surface area contributed by atoms with E-state index in [1.165, 1.54) is 5.57 Å². The van der Waals surface area contributed by atoms with Crippen LogP contribution in [0.5, 0.6) is 0 Å². The molecule has 0 rings (SSSR count). The van der Waals surface area contributed by atoms with Crippen molar-refractivity contribution in [1.82, 2.24) is 4.90 Å². The van der Waals surface area contributed by atoms with Gasteiger partial charge in [-0.15, -0.1) is 12.4 Å². The van der Waals surface area contributed by atoms with Gasteiger partial charge >= 0.3 is 0 Å². The number of hydrogen-bond acceptors (Lipinski definition) is 1. The first-order chi connectivity index (χ1) is 4.20. The zero-order valence-corrected chi connectivity index (χ0v) is 8.00. The summed E-state index contributed by atoms with van der Waals surface area (Å²) >= 11 is 0. The Morgan fingerprint density at radius 1 is 1.30 bits per heavy atom. The molecule has 0 aliphatic heterocycles. The zero-order chi connectivity index (χ0) is 7.28. The van der Waals surface area contributed by atoms with Crippen molar-refractivity contribution in [3.63, 3.8) is 0 Å². The lowest BCUT2D eigenvalue weighted by molar-refractivity contribution is 0.330. The van der Waals surface area contributed by atoms with E-state index in [-0.39, 0.29) is 12.4 Å². The first-order valence-electron chi connectivity index (χ1n) is 3.57. The lowest BCUT2D eigenvalue weighted by Gasteiger charge is -2.17. The van der Waals surface area contributed by atoms with Crippen LogP contribution in [0.15, 0.2) is 12.2 Å². The van der Waals surface area contributed by atoms with Gasteiger partial charge in [-0.25, -0.2) is 0 Å². The van der Waals surface area contributed by atoms with Crippen molar-refractivity contribution in [3.8, 4) is 0 Å². The molecule has 0 aliphatic carbocycles. The molecule has 0 atom stereocenters. The Morgan fingerprint density at radius 2 is 1.70 bits per heavy atom. The molecule has 0 saturated heterocycles. The number of nitrogens with zero attached hydrogens (tertiary/aromatic N) is 1. The monoisotopic (exact) mass is 163 g/mol. The van der Waals surface area contributed by atoms with E-state index in [2.05, 4.69) is 32.3 Å². The molecular weight excluding hydrogens is 146 g/mol. The van der Waals surface area contributed by atoms with Crippen LogP contribution in [0.25, 0.3) is 0 Å². The third kappa shape index (κ3) is 6.12. The van der Waals surface area contributed by atoms with Crippen molar-refractivity contribution in [1.29, 1.82) is 0 Å². The van der Waals surface area contributed by atoms with Crippen molar-refractivity contribution in [2.24, 2.45) is 0 Å². The van der Waals surface area contributed by atoms with Gasteiger partial charge in [0.05, 0.1) is 0 Å². The molecule has 0 saturated carbocycles. The molecule has 0 heterocycles. The van der Waals surface area contributed by atoms with E-state index >= 15 is 0 Å². The van der Waals surface area contributed by atoms with Gasteiger partial charge in [0, 0.05) is 6.54 Å². The van der Waals surface area contributed by atoms with Crippen LogP contribution in [0, 0.1) is 0 Å². The van der Waals surface area contributed by atoms with Crippen LogP contribution in [-0.2, 0) is 0 Å². The molecule has 0 aliphatic rings. The second kappa shape index (κ2) is 7.10. The van der Waals surface area contributed by atoms with E-state index in [4.69, 9.17) is 0 Å². The van der Waals surface area contributed by atoms with Crippen LogP contribution >= 0.6 is 12.4 Å². The van der Waals surface area contributed by atoms with E-state index in [0.717, 1.165) is 19.6 Å². The van der Waals surface area contributed by atoms with Gasteiger partial charge in [-0.3, -0.25) is 4.90 Å². The van der Waals surface area contributed by atoms with Crippen LogP contribution in [0.4, 0.5) is 0 Å². The minimum absolute atomic E-state index is 0. The highest BCUT2D eigenvalue weighted by Crippen LogP contribution is 1.93. The van der Waals surface area contributed by atoms with Gasteiger partial charge in [0.1, 0.15) is 0 Å². The van der Waals surface area contributed by atoms with Gasteiger partial charge in [-0.1, -0.05) is 26.0 Å². The molecule has 0 aromatic rings. The predicted octanol–water partition coefficient (Wildman–Crippen LogP) is 2.33. The minimum atomic E-state index is 0. The third-order valence-corrected chi connectivity index (χ3v) is 1.39. The molecule has 0 bridgehead atoms. The SMILES string of the molecule is C=C(C)CN(CC)CC.Cl. The smallest absolute Gasteiger partial charge is 0.0187 e. The standard InChI is InChI=1S/C8H17N.ClH/c1-5-9(6-2)7-8(3)4;/h3,5-7H2,1-2,4H3;1H. The van der Waals surface area contributed by atoms with Crippen molar-refractivity contribution in [2.75, 3.05) is 19.6 Å². The van der Waals surface area contributed by atoms with Crippen LogP contribution in [-0.4, -0.2) is 24.5 Å². The van der Waals surface area contributed by atoms with Gasteiger partial charge < -0.3 is 0 Å². The Morgan fingerprint density at radius 3 is 1.80 bits per heavy atom. The Labute approximate surface area is 70.5 Å². The second-order valence-electron chi connectivity index (χ2n) is 2.42. The molecule has 1 nitrogen and oxygen atoms in total. The third-order valence-electron chi connectivity index (χ3n) is 1.39. The first-order valence-corrected chi connectivity index (χ1v) is 3.57. The molecule has 0 fully saturated rings. The van der Waals surface area contributed by atoms with Crippen LogP contribution in [0.3, 0.4) is 0 Å². The Bertz CT molecular complexity index is 87.3. The molecule has 10 heavy (non-hydrogen) atoms. The summed E-state index contributed by atoms with van der Waals surface area (Å²) in [5.74, 6) is 0. The van der Waals surface area contributed by atoms with E-state index < -0.39 is 0 Å². The molecule has 0 N–H and O–H groups in total. The molecule has 0 spiro atoms. The zero-order valence-electron chi connectivity index (χ0n) is 7.18. The minimum Gasteiger partial charge on any atom is -0.300 e. The second-order valence-corrected chi connectivity index (χ2v) is 2.42. The quantitative estimate of drug-likeness (QED) is 0.575. The van der Waals surface area contributed by atoms with E-state index in [1.54, 1.807) is 0 Å². The Hall–Kier alpha value is -0.0100. The lowest BCUT2D eigenvalue weighted by atomic mass is 10.3. The average Bonchev–Trinajstić information content (AvgIpc) is 1.82. The summed E-state index contributed by atoms with van der Waals surface area (Å²) in [6, 6.07) is 0. The molecule has 0 unspecified atom stereocenters. The maximum atomic E-state index is 3.85. The summed E-state index contributed by atoms with van der Waals surface area (Å²) in [4.78, 5) is 2.35. The van der Waals surface area contributed by atoms with E-state index in [9.17, 15) is 0 Å². The fraction of sp³-hybridized carbons (Fsp3) is 0.750.